The Morgan fingerprint density at radius 1 is 1.42 bits per heavy atom. The number of allylic oxidation sites excluding steroid dienone is 1. The van der Waals surface area contributed by atoms with Crippen molar-refractivity contribution in [3.63, 3.8) is 0 Å². The summed E-state index contributed by atoms with van der Waals surface area (Å²) < 4.78 is 0. The molecule has 1 atom stereocenters. The minimum absolute atomic E-state index is 0.332. The third-order valence-electron chi connectivity index (χ3n) is 2.20. The Labute approximate surface area is 77.0 Å². The maximum Gasteiger partial charge on any atom is 0.00991 e. The van der Waals surface area contributed by atoms with Crippen LogP contribution in [0.1, 0.15) is 47.0 Å². The Balaban J connectivity index is 3.74. The number of hydrogen-bond donors (Lipinski definition) is 1. The summed E-state index contributed by atoms with van der Waals surface area (Å²) in [5.74, 6) is 0.593. The standard InChI is InChI=1S/C11H23N/c1-5-6-7-10(4)8-11(12)9(2)3/h7,9,11H,5-6,8,12H2,1-4H3/b10-7+. The molecule has 2 N–H and O–H groups in total. The van der Waals surface area contributed by atoms with Crippen LogP contribution < -0.4 is 5.73 Å². The number of rotatable bonds is 5. The molecule has 0 bridgehead atoms. The van der Waals surface area contributed by atoms with Gasteiger partial charge in [0, 0.05) is 6.04 Å². The fourth-order valence-corrected chi connectivity index (χ4v) is 1.08. The van der Waals surface area contributed by atoms with Crippen molar-refractivity contribution >= 4 is 0 Å². The van der Waals surface area contributed by atoms with Gasteiger partial charge in [0.2, 0.25) is 0 Å². The first-order chi connectivity index (χ1) is 5.57. The summed E-state index contributed by atoms with van der Waals surface area (Å²) >= 11 is 0. The van der Waals surface area contributed by atoms with Crippen LogP contribution in [-0.4, -0.2) is 6.04 Å². The molecule has 0 saturated carbocycles. The fourth-order valence-electron chi connectivity index (χ4n) is 1.08. The van der Waals surface area contributed by atoms with E-state index in [4.69, 9.17) is 5.73 Å². The molecule has 0 aromatic heterocycles. The van der Waals surface area contributed by atoms with Crippen LogP contribution in [0, 0.1) is 5.92 Å². The number of nitrogens with two attached hydrogens (primary N) is 1. The Bertz CT molecular complexity index is 136. The molecule has 12 heavy (non-hydrogen) atoms. The highest BCUT2D eigenvalue weighted by atomic mass is 14.6. The molecule has 0 spiro atoms. The molecule has 0 heterocycles. The van der Waals surface area contributed by atoms with Crippen LogP contribution in [0.3, 0.4) is 0 Å². The van der Waals surface area contributed by atoms with E-state index in [-0.39, 0.29) is 0 Å². The van der Waals surface area contributed by atoms with Crippen LogP contribution >= 0.6 is 0 Å². The van der Waals surface area contributed by atoms with Gasteiger partial charge >= 0.3 is 0 Å². The molecule has 0 saturated heterocycles. The van der Waals surface area contributed by atoms with Crippen LogP contribution in [0.25, 0.3) is 0 Å². The van der Waals surface area contributed by atoms with Gasteiger partial charge < -0.3 is 5.73 Å². The molecule has 0 radical (unpaired) electrons. The summed E-state index contributed by atoms with van der Waals surface area (Å²) in [5.41, 5.74) is 7.39. The zero-order valence-electron chi connectivity index (χ0n) is 8.93. The van der Waals surface area contributed by atoms with E-state index in [2.05, 4.69) is 33.8 Å². The van der Waals surface area contributed by atoms with Gasteiger partial charge in [-0.25, -0.2) is 0 Å². The Hall–Kier alpha value is -0.300. The molecule has 72 valence electrons. The Morgan fingerprint density at radius 2 is 2.00 bits per heavy atom. The monoisotopic (exact) mass is 169 g/mol. The lowest BCUT2D eigenvalue weighted by Crippen LogP contribution is -2.26. The van der Waals surface area contributed by atoms with Gasteiger partial charge in [0.25, 0.3) is 0 Å². The second kappa shape index (κ2) is 6.24. The molecule has 0 aromatic rings. The van der Waals surface area contributed by atoms with Crippen molar-refractivity contribution < 1.29 is 0 Å². The summed E-state index contributed by atoms with van der Waals surface area (Å²) in [6, 6.07) is 0.332. The molecule has 0 rings (SSSR count). The quantitative estimate of drug-likeness (QED) is 0.629. The molecule has 1 heteroatoms. The van der Waals surface area contributed by atoms with Crippen LogP contribution in [0.4, 0.5) is 0 Å². The zero-order valence-corrected chi connectivity index (χ0v) is 8.93. The van der Waals surface area contributed by atoms with Crippen molar-refractivity contribution in [2.45, 2.75) is 53.0 Å². The topological polar surface area (TPSA) is 26.0 Å². The fraction of sp³-hybridized carbons (Fsp3) is 0.818. The van der Waals surface area contributed by atoms with Crippen molar-refractivity contribution in [3.05, 3.63) is 11.6 Å². The highest BCUT2D eigenvalue weighted by Crippen LogP contribution is 2.10. The van der Waals surface area contributed by atoms with Gasteiger partial charge in [-0.1, -0.05) is 38.8 Å². The van der Waals surface area contributed by atoms with Crippen molar-refractivity contribution in [2.75, 3.05) is 0 Å². The van der Waals surface area contributed by atoms with Crippen LogP contribution in [0.2, 0.25) is 0 Å². The minimum Gasteiger partial charge on any atom is -0.327 e. The summed E-state index contributed by atoms with van der Waals surface area (Å²) in [7, 11) is 0. The maximum atomic E-state index is 5.95. The molecule has 0 fully saturated rings. The summed E-state index contributed by atoms with van der Waals surface area (Å²) in [6.07, 6.45) is 5.78. The molecule has 1 unspecified atom stereocenters. The highest BCUT2D eigenvalue weighted by Gasteiger charge is 2.06. The number of hydrogen-bond acceptors (Lipinski definition) is 1. The van der Waals surface area contributed by atoms with Crippen LogP contribution in [0.5, 0.6) is 0 Å². The smallest absolute Gasteiger partial charge is 0.00991 e. The molecule has 0 aliphatic heterocycles. The lowest BCUT2D eigenvalue weighted by Gasteiger charge is -2.15. The predicted molar refractivity (Wildman–Crippen MR) is 56.1 cm³/mol. The summed E-state index contributed by atoms with van der Waals surface area (Å²) in [4.78, 5) is 0. The minimum atomic E-state index is 0.332. The second-order valence-corrected chi connectivity index (χ2v) is 3.95. The van der Waals surface area contributed by atoms with E-state index >= 15 is 0 Å². The van der Waals surface area contributed by atoms with E-state index in [1.54, 1.807) is 0 Å². The molecule has 0 aromatic carbocycles. The third kappa shape index (κ3) is 5.36. The first-order valence-electron chi connectivity index (χ1n) is 4.99. The predicted octanol–water partition coefficient (Wildman–Crippen LogP) is 3.11. The molecule has 0 aliphatic rings. The normalized spacial score (nSPS) is 15.3. The van der Waals surface area contributed by atoms with Gasteiger partial charge in [0.15, 0.2) is 0 Å². The van der Waals surface area contributed by atoms with Crippen LogP contribution in [-0.2, 0) is 0 Å². The van der Waals surface area contributed by atoms with Gasteiger partial charge in [-0.05, 0) is 25.7 Å². The lowest BCUT2D eigenvalue weighted by atomic mass is 9.97. The average molecular weight is 169 g/mol. The van der Waals surface area contributed by atoms with Gasteiger partial charge in [-0.2, -0.15) is 0 Å². The van der Waals surface area contributed by atoms with E-state index in [1.807, 2.05) is 0 Å². The third-order valence-corrected chi connectivity index (χ3v) is 2.20. The van der Waals surface area contributed by atoms with Gasteiger partial charge in [0.05, 0.1) is 0 Å². The summed E-state index contributed by atoms with van der Waals surface area (Å²) in [6.45, 7) is 8.74. The van der Waals surface area contributed by atoms with E-state index in [9.17, 15) is 0 Å². The molecule has 0 amide bonds. The maximum absolute atomic E-state index is 5.95. The average Bonchev–Trinajstić information content (AvgIpc) is 2.00. The summed E-state index contributed by atoms with van der Waals surface area (Å²) in [5, 5.41) is 0. The van der Waals surface area contributed by atoms with E-state index in [0.717, 1.165) is 6.42 Å². The molecule has 0 aliphatic carbocycles. The van der Waals surface area contributed by atoms with Gasteiger partial charge in [0.1, 0.15) is 0 Å². The Kier molecular flexibility index (Phi) is 6.09. The molecule has 1 nitrogen and oxygen atoms in total. The largest absolute Gasteiger partial charge is 0.327 e. The van der Waals surface area contributed by atoms with Crippen LogP contribution in [0.15, 0.2) is 11.6 Å². The van der Waals surface area contributed by atoms with Crippen molar-refractivity contribution in [3.8, 4) is 0 Å². The lowest BCUT2D eigenvalue weighted by molar-refractivity contribution is 0.488. The second-order valence-electron chi connectivity index (χ2n) is 3.95. The van der Waals surface area contributed by atoms with E-state index < -0.39 is 0 Å². The van der Waals surface area contributed by atoms with Crippen molar-refractivity contribution in [1.82, 2.24) is 0 Å². The SMILES string of the molecule is CCC/C=C(\C)CC(N)C(C)C. The van der Waals surface area contributed by atoms with Gasteiger partial charge in [-0.3, -0.25) is 0 Å². The first kappa shape index (κ1) is 11.7. The molecular weight excluding hydrogens is 146 g/mol. The first-order valence-corrected chi connectivity index (χ1v) is 4.99. The molecular formula is C11H23N. The zero-order chi connectivity index (χ0) is 9.56. The van der Waals surface area contributed by atoms with E-state index in [0.29, 0.717) is 12.0 Å². The van der Waals surface area contributed by atoms with Crippen molar-refractivity contribution in [2.24, 2.45) is 11.7 Å². The van der Waals surface area contributed by atoms with Gasteiger partial charge in [-0.15, -0.1) is 0 Å². The highest BCUT2D eigenvalue weighted by molar-refractivity contribution is 5.00. The Morgan fingerprint density at radius 3 is 2.42 bits per heavy atom. The van der Waals surface area contributed by atoms with Crippen molar-refractivity contribution in [1.29, 1.82) is 0 Å². The number of unbranched alkanes of at least 4 members (excludes halogenated alkanes) is 1. The van der Waals surface area contributed by atoms with E-state index in [1.165, 1.54) is 18.4 Å².